The predicted octanol–water partition coefficient (Wildman–Crippen LogP) is 6.19. The monoisotopic (exact) mass is 404 g/mol. The molecule has 0 aliphatic carbocycles. The summed E-state index contributed by atoms with van der Waals surface area (Å²) in [5.41, 5.74) is 4.04. The van der Waals surface area contributed by atoms with Gasteiger partial charge in [-0.15, -0.1) is 0 Å². The molecule has 4 aromatic rings. The van der Waals surface area contributed by atoms with Crippen LogP contribution in [0.3, 0.4) is 0 Å². The van der Waals surface area contributed by atoms with Crippen LogP contribution in [-0.4, -0.2) is 9.97 Å². The van der Waals surface area contributed by atoms with Gasteiger partial charge in [-0.3, -0.25) is 0 Å². The van der Waals surface area contributed by atoms with Crippen molar-refractivity contribution in [2.75, 3.05) is 10.6 Å². The third kappa shape index (κ3) is 3.68. The third-order valence-corrected chi connectivity index (χ3v) is 4.55. The van der Waals surface area contributed by atoms with E-state index in [1.807, 2.05) is 60.7 Å². The van der Waals surface area contributed by atoms with E-state index in [1.54, 1.807) is 0 Å². The molecule has 0 bridgehead atoms. The summed E-state index contributed by atoms with van der Waals surface area (Å²) < 4.78 is 1.03. The maximum Gasteiger partial charge on any atom is 0.229 e. The number of fused-ring (bicyclic) bond motifs is 1. The van der Waals surface area contributed by atoms with Gasteiger partial charge in [-0.25, -0.2) is 4.98 Å². The molecular weight excluding hydrogens is 388 g/mol. The van der Waals surface area contributed by atoms with Crippen molar-refractivity contribution in [3.63, 3.8) is 0 Å². The average Bonchev–Trinajstić information content (AvgIpc) is 2.65. The molecule has 2 N–H and O–H groups in total. The Morgan fingerprint density at radius 3 is 2.15 bits per heavy atom. The number of hydrogen-bond acceptors (Lipinski definition) is 4. The highest BCUT2D eigenvalue weighted by Gasteiger charge is 2.08. The highest BCUT2D eigenvalue weighted by atomic mass is 79.9. The third-order valence-electron chi connectivity index (χ3n) is 4.02. The molecule has 1 heterocycles. The van der Waals surface area contributed by atoms with Gasteiger partial charge < -0.3 is 10.6 Å². The minimum Gasteiger partial charge on any atom is -0.340 e. The summed E-state index contributed by atoms with van der Waals surface area (Å²) in [6.07, 6.45) is 0. The maximum atomic E-state index is 4.69. The van der Waals surface area contributed by atoms with E-state index in [9.17, 15) is 0 Å². The number of rotatable bonds is 4. The van der Waals surface area contributed by atoms with Crippen LogP contribution in [0, 0.1) is 6.92 Å². The van der Waals surface area contributed by atoms with E-state index in [1.165, 1.54) is 5.56 Å². The zero-order chi connectivity index (χ0) is 17.9. The summed E-state index contributed by atoms with van der Waals surface area (Å²) >= 11 is 3.45. The SMILES string of the molecule is Cc1ccc(Nc2nc(Nc3ccc(Br)cc3)nc3ccccc23)cc1. The molecular formula is C21H17BrN4. The lowest BCUT2D eigenvalue weighted by molar-refractivity contribution is 1.21. The van der Waals surface area contributed by atoms with Gasteiger partial charge in [-0.05, 0) is 55.5 Å². The van der Waals surface area contributed by atoms with Gasteiger partial charge in [0.2, 0.25) is 5.95 Å². The molecule has 3 aromatic carbocycles. The molecule has 0 fully saturated rings. The number of benzene rings is 3. The summed E-state index contributed by atoms with van der Waals surface area (Å²) in [6, 6.07) is 24.2. The van der Waals surface area contributed by atoms with Gasteiger partial charge >= 0.3 is 0 Å². The zero-order valence-electron chi connectivity index (χ0n) is 14.2. The number of nitrogens with zero attached hydrogens (tertiary/aromatic N) is 2. The van der Waals surface area contributed by atoms with Crippen molar-refractivity contribution < 1.29 is 0 Å². The molecule has 4 rings (SSSR count). The van der Waals surface area contributed by atoms with E-state index in [2.05, 4.69) is 50.6 Å². The van der Waals surface area contributed by atoms with Crippen molar-refractivity contribution in [1.82, 2.24) is 9.97 Å². The number of nitrogens with one attached hydrogen (secondary N) is 2. The second kappa shape index (κ2) is 7.14. The first-order valence-corrected chi connectivity index (χ1v) is 9.10. The molecule has 0 radical (unpaired) electrons. The Labute approximate surface area is 160 Å². The highest BCUT2D eigenvalue weighted by Crippen LogP contribution is 2.26. The van der Waals surface area contributed by atoms with Crippen LogP contribution >= 0.6 is 15.9 Å². The number of aromatic nitrogens is 2. The van der Waals surface area contributed by atoms with Crippen molar-refractivity contribution in [1.29, 1.82) is 0 Å². The fourth-order valence-electron chi connectivity index (χ4n) is 2.66. The Hall–Kier alpha value is -2.92. The van der Waals surface area contributed by atoms with E-state index in [-0.39, 0.29) is 0 Å². The summed E-state index contributed by atoms with van der Waals surface area (Å²) in [6.45, 7) is 2.07. The van der Waals surface area contributed by atoms with Gasteiger partial charge in [0.15, 0.2) is 0 Å². The summed E-state index contributed by atoms with van der Waals surface area (Å²) in [4.78, 5) is 9.33. The molecule has 26 heavy (non-hydrogen) atoms. The molecule has 128 valence electrons. The van der Waals surface area contributed by atoms with Crippen LogP contribution in [0.15, 0.2) is 77.3 Å². The Bertz CT molecular complexity index is 1040. The second-order valence-electron chi connectivity index (χ2n) is 6.04. The number of hydrogen-bond donors (Lipinski definition) is 2. The fraction of sp³-hybridized carbons (Fsp3) is 0.0476. The molecule has 4 nitrogen and oxygen atoms in total. The Morgan fingerprint density at radius 1 is 0.731 bits per heavy atom. The van der Waals surface area contributed by atoms with Crippen molar-refractivity contribution in [2.24, 2.45) is 0 Å². The second-order valence-corrected chi connectivity index (χ2v) is 6.95. The zero-order valence-corrected chi connectivity index (χ0v) is 15.8. The number of halogens is 1. The summed E-state index contributed by atoms with van der Waals surface area (Å²) in [5, 5.41) is 7.67. The van der Waals surface area contributed by atoms with Crippen LogP contribution in [0.4, 0.5) is 23.1 Å². The molecule has 0 saturated heterocycles. The molecule has 0 unspecified atom stereocenters. The fourth-order valence-corrected chi connectivity index (χ4v) is 2.93. The van der Waals surface area contributed by atoms with Crippen LogP contribution in [0.25, 0.3) is 10.9 Å². The van der Waals surface area contributed by atoms with Crippen LogP contribution in [0.1, 0.15) is 5.56 Å². The molecule has 0 saturated carbocycles. The number of para-hydroxylation sites is 1. The van der Waals surface area contributed by atoms with Crippen molar-refractivity contribution in [3.05, 3.63) is 82.8 Å². The lowest BCUT2D eigenvalue weighted by Gasteiger charge is -2.12. The average molecular weight is 405 g/mol. The molecule has 0 aliphatic heterocycles. The van der Waals surface area contributed by atoms with Gasteiger partial charge in [-0.1, -0.05) is 45.8 Å². The summed E-state index contributed by atoms with van der Waals surface area (Å²) in [5.74, 6) is 1.33. The number of anilines is 4. The molecule has 0 amide bonds. The van der Waals surface area contributed by atoms with Gasteiger partial charge in [0, 0.05) is 21.2 Å². The van der Waals surface area contributed by atoms with Gasteiger partial charge in [0.1, 0.15) is 5.82 Å². The maximum absolute atomic E-state index is 4.69. The molecule has 5 heteroatoms. The van der Waals surface area contributed by atoms with Crippen molar-refractivity contribution in [2.45, 2.75) is 6.92 Å². The van der Waals surface area contributed by atoms with Crippen molar-refractivity contribution in [3.8, 4) is 0 Å². The normalized spacial score (nSPS) is 10.7. The van der Waals surface area contributed by atoms with E-state index < -0.39 is 0 Å². The number of aryl methyl sites for hydroxylation is 1. The van der Waals surface area contributed by atoms with Crippen LogP contribution in [0.2, 0.25) is 0 Å². The lowest BCUT2D eigenvalue weighted by atomic mass is 10.2. The first kappa shape index (κ1) is 16.5. The van der Waals surface area contributed by atoms with E-state index in [4.69, 9.17) is 4.98 Å². The van der Waals surface area contributed by atoms with Crippen LogP contribution in [-0.2, 0) is 0 Å². The molecule has 0 aliphatic rings. The lowest BCUT2D eigenvalue weighted by Crippen LogP contribution is -2.02. The minimum atomic E-state index is 0.556. The van der Waals surface area contributed by atoms with Gasteiger partial charge in [-0.2, -0.15) is 4.98 Å². The molecule has 1 aromatic heterocycles. The van der Waals surface area contributed by atoms with Gasteiger partial charge in [0.05, 0.1) is 5.52 Å². The Balaban J connectivity index is 1.72. The topological polar surface area (TPSA) is 49.8 Å². The Morgan fingerprint density at radius 2 is 1.38 bits per heavy atom. The first-order valence-electron chi connectivity index (χ1n) is 8.30. The molecule has 0 atom stereocenters. The Kier molecular flexibility index (Phi) is 4.54. The van der Waals surface area contributed by atoms with Gasteiger partial charge in [0.25, 0.3) is 0 Å². The highest BCUT2D eigenvalue weighted by molar-refractivity contribution is 9.10. The van der Waals surface area contributed by atoms with Crippen LogP contribution < -0.4 is 10.6 Å². The largest absolute Gasteiger partial charge is 0.340 e. The summed E-state index contributed by atoms with van der Waals surface area (Å²) in [7, 11) is 0. The molecule has 0 spiro atoms. The van der Waals surface area contributed by atoms with E-state index in [0.717, 1.165) is 32.6 Å². The van der Waals surface area contributed by atoms with Crippen molar-refractivity contribution >= 4 is 50.0 Å². The smallest absolute Gasteiger partial charge is 0.229 e. The standard InChI is InChI=1S/C21H17BrN4/c1-14-6-10-16(11-7-14)23-20-18-4-2-3-5-19(18)25-21(26-20)24-17-12-8-15(22)9-13-17/h2-13H,1H3,(H2,23,24,25,26). The van der Waals surface area contributed by atoms with E-state index >= 15 is 0 Å². The first-order chi connectivity index (χ1) is 12.7. The predicted molar refractivity (Wildman–Crippen MR) is 111 cm³/mol. The van der Waals surface area contributed by atoms with Crippen LogP contribution in [0.5, 0.6) is 0 Å². The quantitative estimate of drug-likeness (QED) is 0.425. The minimum absolute atomic E-state index is 0.556. The van der Waals surface area contributed by atoms with E-state index in [0.29, 0.717) is 5.95 Å².